The number of alkyl halides is 1. The maximum Gasteiger partial charge on any atom is 0.320 e. The van der Waals surface area contributed by atoms with E-state index in [1.807, 2.05) is 4.57 Å². The van der Waals surface area contributed by atoms with Gasteiger partial charge in [0.15, 0.2) is 17.0 Å². The molecule has 3 aromatic heterocycles. The van der Waals surface area contributed by atoms with Crippen LogP contribution in [0.5, 0.6) is 6.01 Å². The van der Waals surface area contributed by atoms with Crippen molar-refractivity contribution in [2.45, 2.75) is 74.2 Å². The number of nitriles is 1. The van der Waals surface area contributed by atoms with Gasteiger partial charge >= 0.3 is 6.01 Å². The molecule has 6 heterocycles. The summed E-state index contributed by atoms with van der Waals surface area (Å²) in [5, 5.41) is 21.0. The lowest BCUT2D eigenvalue weighted by Gasteiger charge is -2.49. The topological polar surface area (TPSA) is 129 Å². The van der Waals surface area contributed by atoms with Crippen LogP contribution in [0.3, 0.4) is 0 Å². The third-order valence-electron chi connectivity index (χ3n) is 9.72. The number of ether oxygens (including phenoxy) is 1. The van der Waals surface area contributed by atoms with Gasteiger partial charge in [0, 0.05) is 36.3 Å². The fourth-order valence-electron chi connectivity index (χ4n) is 7.55. The van der Waals surface area contributed by atoms with Gasteiger partial charge in [0.25, 0.3) is 0 Å². The molecule has 204 valence electrons. The highest BCUT2D eigenvalue weighted by Crippen LogP contribution is 2.53. The number of nitrogens with zero attached hydrogens (tertiary/aromatic N) is 7. The van der Waals surface area contributed by atoms with E-state index in [1.165, 1.54) is 4.88 Å². The number of halogens is 1. The molecule has 2 aliphatic carbocycles. The molecular weight excluding hydrogens is 519 g/mol. The van der Waals surface area contributed by atoms with Crippen LogP contribution in [-0.4, -0.2) is 79.6 Å². The number of aliphatic hydroxyl groups is 1. The third-order valence-corrected chi connectivity index (χ3v) is 10.8. The van der Waals surface area contributed by atoms with Crippen molar-refractivity contribution in [1.82, 2.24) is 24.4 Å². The first-order valence-corrected chi connectivity index (χ1v) is 14.7. The number of hydrogen-bond donors (Lipinski definition) is 2. The lowest BCUT2D eigenvalue weighted by Crippen LogP contribution is -2.59. The number of anilines is 2. The van der Waals surface area contributed by atoms with Gasteiger partial charge < -0.3 is 25.0 Å². The van der Waals surface area contributed by atoms with E-state index >= 15 is 0 Å². The Kier molecular flexibility index (Phi) is 4.90. The molecule has 3 saturated heterocycles. The highest BCUT2D eigenvalue weighted by molar-refractivity contribution is 7.16. The first kappa shape index (κ1) is 23.8. The van der Waals surface area contributed by atoms with E-state index in [0.29, 0.717) is 66.8 Å². The second-order valence-corrected chi connectivity index (χ2v) is 13.5. The van der Waals surface area contributed by atoms with E-state index in [-0.39, 0.29) is 17.0 Å². The Labute approximate surface area is 229 Å². The van der Waals surface area contributed by atoms with Crippen molar-refractivity contribution in [3.63, 3.8) is 0 Å². The number of hydrogen-bond acceptors (Lipinski definition) is 10. The van der Waals surface area contributed by atoms with Gasteiger partial charge in [-0.15, -0.1) is 11.3 Å². The van der Waals surface area contributed by atoms with E-state index in [2.05, 4.69) is 20.9 Å². The average Bonchev–Trinajstić information content (AvgIpc) is 3.32. The molecule has 3 aliphatic heterocycles. The van der Waals surface area contributed by atoms with Gasteiger partial charge in [-0.05, 0) is 50.6 Å². The summed E-state index contributed by atoms with van der Waals surface area (Å²) in [6.07, 6.45) is 6.79. The Balaban J connectivity index is 1.13. The number of imidazole rings is 1. The fourth-order valence-corrected chi connectivity index (χ4v) is 8.69. The summed E-state index contributed by atoms with van der Waals surface area (Å²) in [5.41, 5.74) is 8.12. The largest absolute Gasteiger partial charge is 0.461 e. The van der Waals surface area contributed by atoms with Crippen LogP contribution in [0, 0.1) is 11.3 Å². The van der Waals surface area contributed by atoms with Gasteiger partial charge in [-0.25, -0.2) is 9.37 Å². The smallest absolute Gasteiger partial charge is 0.320 e. The molecule has 0 aromatic carbocycles. The first-order valence-electron chi connectivity index (χ1n) is 13.8. The summed E-state index contributed by atoms with van der Waals surface area (Å²) < 4.78 is 22.5. The van der Waals surface area contributed by atoms with E-state index in [1.54, 1.807) is 17.7 Å². The van der Waals surface area contributed by atoms with Crippen LogP contribution in [0.2, 0.25) is 0 Å². The SMILES string of the molecule is N#Cc1c(N)sc2c1C1(CC2)CN(c2nc(OC[C@@]34CCCN3C[C@H](F)C4)nc3c2ncn3CC2(O)CC2)C1. The first-order chi connectivity index (χ1) is 18.8. The molecule has 12 heteroatoms. The van der Waals surface area contributed by atoms with Crippen LogP contribution < -0.4 is 15.4 Å². The fraction of sp³-hybridized carbons (Fsp3) is 0.630. The molecule has 0 bridgehead atoms. The van der Waals surface area contributed by atoms with Gasteiger partial charge in [0.05, 0.1) is 29.6 Å². The molecule has 0 amide bonds. The van der Waals surface area contributed by atoms with Gasteiger partial charge in [0.2, 0.25) is 0 Å². The van der Waals surface area contributed by atoms with Gasteiger partial charge in [-0.3, -0.25) is 4.90 Å². The minimum atomic E-state index is -0.827. The number of nitrogens with two attached hydrogens (primary N) is 1. The summed E-state index contributed by atoms with van der Waals surface area (Å²) in [7, 11) is 0. The summed E-state index contributed by atoms with van der Waals surface area (Å²) in [6.45, 7) is 3.57. The maximum atomic E-state index is 14.3. The number of fused-ring (bicyclic) bond motifs is 4. The molecule has 8 rings (SSSR count). The number of aromatic nitrogens is 4. The summed E-state index contributed by atoms with van der Waals surface area (Å²) in [4.78, 5) is 19.9. The van der Waals surface area contributed by atoms with Crippen molar-refractivity contribution in [3.05, 3.63) is 22.3 Å². The third kappa shape index (κ3) is 3.52. The molecule has 39 heavy (non-hydrogen) atoms. The zero-order valence-electron chi connectivity index (χ0n) is 21.7. The Morgan fingerprint density at radius 3 is 2.90 bits per heavy atom. The molecule has 1 spiro atoms. The van der Waals surface area contributed by atoms with Crippen LogP contribution in [0.1, 0.15) is 54.5 Å². The van der Waals surface area contributed by atoms with Crippen LogP contribution in [-0.2, 0) is 18.4 Å². The van der Waals surface area contributed by atoms with Crippen molar-refractivity contribution in [3.8, 4) is 12.1 Å². The van der Waals surface area contributed by atoms with E-state index in [4.69, 9.17) is 20.4 Å². The zero-order valence-corrected chi connectivity index (χ0v) is 22.5. The molecule has 5 aliphatic rings. The molecule has 3 N–H and O–H groups in total. The van der Waals surface area contributed by atoms with Gasteiger partial charge in [0.1, 0.15) is 23.8 Å². The van der Waals surface area contributed by atoms with Crippen LogP contribution in [0.15, 0.2) is 6.33 Å². The highest BCUT2D eigenvalue weighted by atomic mass is 32.1. The lowest BCUT2D eigenvalue weighted by molar-refractivity contribution is 0.107. The number of rotatable bonds is 6. The Bertz CT molecular complexity index is 1540. The molecular formula is C27H31FN8O2S. The summed E-state index contributed by atoms with van der Waals surface area (Å²) in [6, 6.07) is 2.60. The minimum Gasteiger partial charge on any atom is -0.461 e. The quantitative estimate of drug-likeness (QED) is 0.476. The van der Waals surface area contributed by atoms with Crippen molar-refractivity contribution >= 4 is 33.3 Å². The van der Waals surface area contributed by atoms with E-state index in [0.717, 1.165) is 50.6 Å². The Morgan fingerprint density at radius 2 is 2.10 bits per heavy atom. The monoisotopic (exact) mass is 550 g/mol. The molecule has 0 unspecified atom stereocenters. The van der Waals surface area contributed by atoms with Crippen LogP contribution in [0.4, 0.5) is 15.2 Å². The minimum absolute atomic E-state index is 0.109. The lowest BCUT2D eigenvalue weighted by atomic mass is 9.74. The van der Waals surface area contributed by atoms with Crippen molar-refractivity contribution in [1.29, 1.82) is 5.26 Å². The maximum absolute atomic E-state index is 14.3. The number of aryl methyl sites for hydroxylation is 1. The molecule has 2 atom stereocenters. The average molecular weight is 551 g/mol. The normalized spacial score (nSPS) is 28.0. The molecule has 3 aromatic rings. The molecule has 0 radical (unpaired) electrons. The Hall–Kier alpha value is -3.01. The summed E-state index contributed by atoms with van der Waals surface area (Å²) in [5.74, 6) is 0.702. The van der Waals surface area contributed by atoms with E-state index in [9.17, 15) is 14.8 Å². The number of nitrogen functional groups attached to an aromatic ring is 1. The number of thiophene rings is 1. The van der Waals surface area contributed by atoms with Gasteiger partial charge in [-0.1, -0.05) is 0 Å². The van der Waals surface area contributed by atoms with Crippen molar-refractivity contribution < 1.29 is 14.2 Å². The second kappa shape index (κ2) is 8.02. The highest BCUT2D eigenvalue weighted by Gasteiger charge is 2.53. The molecule has 10 nitrogen and oxygen atoms in total. The van der Waals surface area contributed by atoms with Crippen LogP contribution in [0.25, 0.3) is 11.2 Å². The second-order valence-electron chi connectivity index (χ2n) is 12.4. The summed E-state index contributed by atoms with van der Waals surface area (Å²) >= 11 is 1.54. The van der Waals surface area contributed by atoms with Crippen molar-refractivity contribution in [2.24, 2.45) is 0 Å². The van der Waals surface area contributed by atoms with E-state index < -0.39 is 11.8 Å². The van der Waals surface area contributed by atoms with Gasteiger partial charge in [-0.2, -0.15) is 15.2 Å². The van der Waals surface area contributed by atoms with Crippen molar-refractivity contribution in [2.75, 3.05) is 43.4 Å². The molecule has 4 fully saturated rings. The Morgan fingerprint density at radius 1 is 1.26 bits per heavy atom. The molecule has 1 saturated carbocycles. The standard InChI is InChI=1S/C27H31FN8O2S/c28-16-8-26(3-1-7-36(26)10-16)14-38-24-32-22(20-23(33-24)35(15-31-20)13-27(37)5-6-27)34-11-25(12-34)4-2-18-19(25)17(9-29)21(30)39-18/h15-16,37H,1-8,10-14,30H2/t16-,26+/m1/s1. The predicted molar refractivity (Wildman–Crippen MR) is 144 cm³/mol. The zero-order chi connectivity index (χ0) is 26.6. The van der Waals surface area contributed by atoms with Crippen LogP contribution >= 0.6 is 11.3 Å². The predicted octanol–water partition coefficient (Wildman–Crippen LogP) is 2.53.